The third-order valence-electron chi connectivity index (χ3n) is 3.92. The molecule has 0 bridgehead atoms. The van der Waals surface area contributed by atoms with Crippen molar-refractivity contribution in [2.45, 2.75) is 78.1 Å². The van der Waals surface area contributed by atoms with Crippen molar-refractivity contribution in [3.63, 3.8) is 0 Å². The summed E-state index contributed by atoms with van der Waals surface area (Å²) in [5, 5.41) is 0. The first-order chi connectivity index (χ1) is 9.83. The van der Waals surface area contributed by atoms with E-state index in [0.717, 1.165) is 12.8 Å². The van der Waals surface area contributed by atoms with Crippen molar-refractivity contribution < 1.29 is 21.9 Å². The lowest BCUT2D eigenvalue weighted by atomic mass is 10.1. The molecule has 21 heavy (non-hydrogen) atoms. The molecule has 0 aliphatic heterocycles. The Morgan fingerprint density at radius 1 is 0.857 bits per heavy atom. The van der Waals surface area contributed by atoms with Crippen molar-refractivity contribution in [1.82, 2.24) is 0 Å². The Morgan fingerprint density at radius 3 is 1.67 bits per heavy atom. The van der Waals surface area contributed by atoms with Gasteiger partial charge >= 0.3 is 0 Å². The average Bonchev–Trinajstić information content (AvgIpc) is 2.39. The average molecular weight is 323 g/mol. The molecule has 0 aromatic carbocycles. The molecule has 0 aliphatic rings. The van der Waals surface area contributed by atoms with Crippen LogP contribution in [0, 0.1) is 0 Å². The van der Waals surface area contributed by atoms with Crippen molar-refractivity contribution in [2.75, 3.05) is 20.1 Å². The number of nitrogens with zero attached hydrogens (tertiary/aromatic N) is 1. The van der Waals surface area contributed by atoms with Crippen LogP contribution in [0.25, 0.3) is 0 Å². The van der Waals surface area contributed by atoms with Crippen molar-refractivity contribution in [1.29, 1.82) is 0 Å². The van der Waals surface area contributed by atoms with Crippen LogP contribution < -0.4 is 0 Å². The van der Waals surface area contributed by atoms with Crippen LogP contribution in [0.3, 0.4) is 0 Å². The summed E-state index contributed by atoms with van der Waals surface area (Å²) in [5.41, 5.74) is 0. The molecule has 128 valence electrons. The molecule has 0 fully saturated rings. The monoisotopic (exact) mass is 323 g/mol. The molecule has 0 spiro atoms. The van der Waals surface area contributed by atoms with E-state index >= 15 is 0 Å². The summed E-state index contributed by atoms with van der Waals surface area (Å²) in [5.74, 6) is 0. The summed E-state index contributed by atoms with van der Waals surface area (Å²) in [6, 6.07) is 0. The molecular weight excluding hydrogens is 290 g/mol. The highest BCUT2D eigenvalue weighted by Crippen LogP contribution is 2.13. The highest BCUT2D eigenvalue weighted by atomic mass is 32.3. The third-order valence-corrected chi connectivity index (χ3v) is 4.47. The van der Waals surface area contributed by atoms with Crippen LogP contribution in [0.1, 0.15) is 78.1 Å². The first kappa shape index (κ1) is 20.8. The van der Waals surface area contributed by atoms with Crippen molar-refractivity contribution in [2.24, 2.45) is 0 Å². The van der Waals surface area contributed by atoms with Gasteiger partial charge in [0.2, 0.25) is 0 Å². The van der Waals surface area contributed by atoms with Crippen LogP contribution in [-0.4, -0.2) is 37.8 Å². The van der Waals surface area contributed by atoms with Crippen LogP contribution in [0.5, 0.6) is 0 Å². The smallest absolute Gasteiger partial charge is 0.268 e. The summed E-state index contributed by atoms with van der Waals surface area (Å²) in [7, 11) is -2.99. The van der Waals surface area contributed by atoms with Crippen LogP contribution in [0.15, 0.2) is 0 Å². The van der Waals surface area contributed by atoms with Crippen LogP contribution in [-0.2, 0) is 14.7 Å². The number of hydroxylamine groups is 3. The van der Waals surface area contributed by atoms with Crippen LogP contribution >= 0.6 is 0 Å². The normalized spacial score (nSPS) is 15.0. The van der Waals surface area contributed by atoms with Crippen LogP contribution in [0.4, 0.5) is 0 Å². The lowest BCUT2D eigenvalue weighted by molar-refractivity contribution is -1.06. The Bertz CT molecular complexity index is 346. The van der Waals surface area contributed by atoms with Gasteiger partial charge in [-0.25, -0.2) is 8.42 Å². The van der Waals surface area contributed by atoms with Gasteiger partial charge in [-0.1, -0.05) is 62.6 Å². The molecule has 5 nitrogen and oxygen atoms in total. The molecule has 0 aromatic heterocycles. The van der Waals surface area contributed by atoms with Crippen LogP contribution in [0.2, 0.25) is 0 Å². The zero-order valence-corrected chi connectivity index (χ0v) is 14.8. The summed E-state index contributed by atoms with van der Waals surface area (Å²) in [4.78, 5) is 0. The fraction of sp³-hybridized carbons (Fsp3) is 1.00. The van der Waals surface area contributed by atoms with Crippen molar-refractivity contribution in [3.8, 4) is 0 Å². The Kier molecular flexibility index (Phi) is 11.3. The Balaban J connectivity index is 3.60. The van der Waals surface area contributed by atoms with Gasteiger partial charge in [-0.2, -0.15) is 4.65 Å². The molecular formula is C15H33NO4S. The van der Waals surface area contributed by atoms with Gasteiger partial charge in [0.15, 0.2) is 0 Å². The van der Waals surface area contributed by atoms with Gasteiger partial charge in [-0.15, -0.1) is 0 Å². The maximum Gasteiger partial charge on any atom is 0.268 e. The Hall–Kier alpha value is -0.170. The van der Waals surface area contributed by atoms with E-state index in [-0.39, 0.29) is 4.65 Å². The lowest BCUT2D eigenvalue weighted by Gasteiger charge is -2.30. The topological polar surface area (TPSA) is 66.4 Å². The maximum absolute atomic E-state index is 10.7. The third kappa shape index (κ3) is 13.2. The van der Waals surface area contributed by atoms with E-state index in [1.165, 1.54) is 51.4 Å². The largest absolute Gasteiger partial charge is 0.722 e. The molecule has 0 N–H and O–H groups in total. The highest BCUT2D eigenvalue weighted by molar-refractivity contribution is 7.80. The standard InChI is InChI=1S/C15H33NO4S/c1-4-6-7-8-9-10-11-12-13-14-15-16(3,5-2)20-21(17,18)19/h4-15H2,1-3H3. The molecule has 1 atom stereocenters. The second-order valence-electron chi connectivity index (χ2n) is 6.00. The summed E-state index contributed by atoms with van der Waals surface area (Å²) >= 11 is 0. The predicted molar refractivity (Wildman–Crippen MR) is 84.2 cm³/mol. The van der Waals surface area contributed by atoms with E-state index in [0.29, 0.717) is 13.1 Å². The van der Waals surface area contributed by atoms with Gasteiger partial charge in [0, 0.05) is 0 Å². The van der Waals surface area contributed by atoms with Crippen molar-refractivity contribution >= 4 is 10.4 Å². The number of hydrogen-bond acceptors (Lipinski definition) is 4. The molecule has 0 heterocycles. The highest BCUT2D eigenvalue weighted by Gasteiger charge is 2.24. The van der Waals surface area contributed by atoms with Gasteiger partial charge < -0.3 is 4.55 Å². The van der Waals surface area contributed by atoms with Gasteiger partial charge in [0.1, 0.15) is 13.1 Å². The van der Waals surface area contributed by atoms with Gasteiger partial charge in [-0.3, -0.25) is 0 Å². The van der Waals surface area contributed by atoms with E-state index in [2.05, 4.69) is 11.2 Å². The minimum atomic E-state index is -4.63. The fourth-order valence-corrected chi connectivity index (χ4v) is 3.02. The van der Waals surface area contributed by atoms with Gasteiger partial charge in [0.05, 0.1) is 7.05 Å². The second kappa shape index (κ2) is 11.4. The summed E-state index contributed by atoms with van der Waals surface area (Å²) in [6.45, 7) is 5.08. The lowest BCUT2D eigenvalue weighted by Crippen LogP contribution is -2.46. The number of unbranched alkanes of at least 4 members (excludes halogenated alkanes) is 9. The Labute approximate surface area is 131 Å². The van der Waals surface area contributed by atoms with Crippen molar-refractivity contribution in [3.05, 3.63) is 0 Å². The van der Waals surface area contributed by atoms with E-state index in [1.807, 2.05) is 6.92 Å². The zero-order valence-electron chi connectivity index (χ0n) is 14.0. The van der Waals surface area contributed by atoms with E-state index < -0.39 is 10.4 Å². The minimum absolute atomic E-state index is 0.150. The summed E-state index contributed by atoms with van der Waals surface area (Å²) in [6.07, 6.45) is 12.3. The molecule has 0 amide bonds. The first-order valence-corrected chi connectivity index (χ1v) is 9.68. The fourth-order valence-electron chi connectivity index (χ4n) is 2.40. The molecule has 0 aromatic rings. The first-order valence-electron chi connectivity index (χ1n) is 8.34. The molecule has 0 saturated heterocycles. The quantitative estimate of drug-likeness (QED) is 0.160. The maximum atomic E-state index is 10.7. The molecule has 0 radical (unpaired) electrons. The summed E-state index contributed by atoms with van der Waals surface area (Å²) < 4.78 is 36.5. The molecule has 0 rings (SSSR count). The predicted octanol–water partition coefficient (Wildman–Crippen LogP) is 3.77. The van der Waals surface area contributed by atoms with E-state index in [9.17, 15) is 13.0 Å². The molecule has 0 aliphatic carbocycles. The van der Waals surface area contributed by atoms with E-state index in [1.54, 1.807) is 7.05 Å². The second-order valence-corrected chi connectivity index (χ2v) is 6.97. The zero-order chi connectivity index (χ0) is 16.2. The molecule has 1 unspecified atom stereocenters. The number of hydrogen-bond donors (Lipinski definition) is 0. The number of quaternary nitrogens is 1. The number of rotatable bonds is 14. The molecule has 0 saturated carbocycles. The van der Waals surface area contributed by atoms with E-state index in [4.69, 9.17) is 0 Å². The molecule has 6 heteroatoms. The Morgan fingerprint density at radius 2 is 1.29 bits per heavy atom. The van der Waals surface area contributed by atoms with Gasteiger partial charge in [-0.05, 0) is 19.8 Å². The van der Waals surface area contributed by atoms with Gasteiger partial charge in [0.25, 0.3) is 10.4 Å². The minimum Gasteiger partial charge on any atom is -0.722 e. The SMILES string of the molecule is CCCCCCCCCCCC[N+](C)(CC)OS(=O)(=O)[O-].